The van der Waals surface area contributed by atoms with E-state index < -0.39 is 34.6 Å². The largest absolute Gasteiger partial charge is 0.482 e. The number of hydrogen-bond donors (Lipinski definition) is 2. The van der Waals surface area contributed by atoms with Crippen LogP contribution in [-0.4, -0.2) is 46.0 Å². The second kappa shape index (κ2) is 12.5. The van der Waals surface area contributed by atoms with E-state index in [0.29, 0.717) is 22.8 Å². The second-order valence-electron chi connectivity index (χ2n) is 9.14. The number of sulfonamides is 1. The molecule has 0 saturated heterocycles. The predicted molar refractivity (Wildman–Crippen MR) is 156 cm³/mol. The summed E-state index contributed by atoms with van der Waals surface area (Å²) in [6, 6.07) is 25.2. The molecule has 0 aliphatic rings. The number of hydrogen-bond acceptors (Lipinski definition) is 7. The summed E-state index contributed by atoms with van der Waals surface area (Å²) in [7, 11) is -2.35. The molecule has 0 fully saturated rings. The number of amides is 2. The van der Waals surface area contributed by atoms with Crippen LogP contribution in [0.1, 0.15) is 13.8 Å². The monoisotopic (exact) mass is 575 g/mol. The van der Waals surface area contributed by atoms with Crippen molar-refractivity contribution in [2.45, 2.75) is 24.8 Å². The third-order valence-corrected chi connectivity index (χ3v) is 7.87. The lowest BCUT2D eigenvalue weighted by atomic mass is 10.1. The SMILES string of the molecule is CC(=O)Nc1ccc(NC(=O)C(C)OC(=O)COc2ccc(N(C)S(=O)(=O)c3ccc4ccccc4c3)cc2)cc1. The van der Waals surface area contributed by atoms with Gasteiger partial charge in [0, 0.05) is 25.3 Å². The van der Waals surface area contributed by atoms with Gasteiger partial charge in [0.1, 0.15) is 5.75 Å². The Hall–Kier alpha value is -4.90. The van der Waals surface area contributed by atoms with Crippen LogP contribution in [-0.2, 0) is 29.1 Å². The second-order valence-corrected chi connectivity index (χ2v) is 11.1. The van der Waals surface area contributed by atoms with Crippen molar-refractivity contribution in [2.24, 2.45) is 0 Å². The third-order valence-electron chi connectivity index (χ3n) is 6.09. The summed E-state index contributed by atoms with van der Waals surface area (Å²) >= 11 is 0. The maximum Gasteiger partial charge on any atom is 0.344 e. The highest BCUT2D eigenvalue weighted by Gasteiger charge is 2.22. The lowest BCUT2D eigenvalue weighted by Crippen LogP contribution is -2.31. The fourth-order valence-corrected chi connectivity index (χ4v) is 5.12. The quantitative estimate of drug-likeness (QED) is 0.265. The van der Waals surface area contributed by atoms with E-state index in [2.05, 4.69) is 10.6 Å². The van der Waals surface area contributed by atoms with E-state index in [1.165, 1.54) is 37.3 Å². The van der Waals surface area contributed by atoms with Crippen molar-refractivity contribution in [2.75, 3.05) is 28.6 Å². The molecular weight excluding hydrogens is 546 g/mol. The zero-order valence-electron chi connectivity index (χ0n) is 22.7. The summed E-state index contributed by atoms with van der Waals surface area (Å²) in [6.07, 6.45) is -1.09. The molecule has 2 amide bonds. The van der Waals surface area contributed by atoms with Crippen LogP contribution in [0.3, 0.4) is 0 Å². The number of nitrogens with zero attached hydrogens (tertiary/aromatic N) is 1. The molecule has 10 nitrogen and oxygen atoms in total. The first-order valence-electron chi connectivity index (χ1n) is 12.6. The lowest BCUT2D eigenvalue weighted by Gasteiger charge is -2.20. The smallest absolute Gasteiger partial charge is 0.344 e. The Balaban J connectivity index is 1.28. The minimum Gasteiger partial charge on any atom is -0.482 e. The zero-order valence-corrected chi connectivity index (χ0v) is 23.5. The van der Waals surface area contributed by atoms with Gasteiger partial charge in [-0.25, -0.2) is 13.2 Å². The Kier molecular flexibility index (Phi) is 8.88. The van der Waals surface area contributed by atoms with Crippen LogP contribution < -0.4 is 19.7 Å². The van der Waals surface area contributed by atoms with Crippen LogP contribution >= 0.6 is 0 Å². The molecule has 0 aromatic heterocycles. The van der Waals surface area contributed by atoms with E-state index in [9.17, 15) is 22.8 Å². The Morgan fingerprint density at radius 2 is 1.44 bits per heavy atom. The molecule has 4 aromatic rings. The van der Waals surface area contributed by atoms with Gasteiger partial charge in [-0.3, -0.25) is 13.9 Å². The Bertz CT molecular complexity index is 1670. The van der Waals surface area contributed by atoms with Crippen LogP contribution in [0.25, 0.3) is 10.8 Å². The van der Waals surface area contributed by atoms with Crippen LogP contribution in [0, 0.1) is 0 Å². The first-order chi connectivity index (χ1) is 19.5. The molecule has 0 aliphatic carbocycles. The summed E-state index contributed by atoms with van der Waals surface area (Å²) in [5.41, 5.74) is 1.46. The van der Waals surface area contributed by atoms with Crippen molar-refractivity contribution in [3.63, 3.8) is 0 Å². The highest BCUT2D eigenvalue weighted by Crippen LogP contribution is 2.26. The van der Waals surface area contributed by atoms with E-state index in [-0.39, 0.29) is 10.8 Å². The minimum absolute atomic E-state index is 0.168. The van der Waals surface area contributed by atoms with Crippen molar-refractivity contribution in [3.8, 4) is 5.75 Å². The molecule has 11 heteroatoms. The van der Waals surface area contributed by atoms with Gasteiger partial charge >= 0.3 is 5.97 Å². The van der Waals surface area contributed by atoms with Gasteiger partial charge in [0.25, 0.3) is 15.9 Å². The number of anilines is 3. The molecule has 0 heterocycles. The number of esters is 1. The van der Waals surface area contributed by atoms with Crippen molar-refractivity contribution in [1.29, 1.82) is 0 Å². The third kappa shape index (κ3) is 7.40. The van der Waals surface area contributed by atoms with E-state index >= 15 is 0 Å². The average Bonchev–Trinajstić information content (AvgIpc) is 2.96. The van der Waals surface area contributed by atoms with E-state index in [0.717, 1.165) is 10.8 Å². The number of carbonyl (C=O) groups excluding carboxylic acids is 3. The number of fused-ring (bicyclic) bond motifs is 1. The summed E-state index contributed by atoms with van der Waals surface area (Å²) in [5.74, 6) is -1.18. The van der Waals surface area contributed by atoms with Gasteiger partial charge in [0.2, 0.25) is 5.91 Å². The molecular formula is C30H29N3O7S. The topological polar surface area (TPSA) is 131 Å². The molecule has 41 heavy (non-hydrogen) atoms. The lowest BCUT2D eigenvalue weighted by molar-refractivity contribution is -0.155. The summed E-state index contributed by atoms with van der Waals surface area (Å²) < 4.78 is 38.2. The van der Waals surface area contributed by atoms with Gasteiger partial charge in [-0.1, -0.05) is 30.3 Å². The highest BCUT2D eigenvalue weighted by atomic mass is 32.2. The van der Waals surface area contributed by atoms with Crippen molar-refractivity contribution >= 4 is 55.6 Å². The Labute approximate surface area is 237 Å². The first-order valence-corrected chi connectivity index (χ1v) is 14.1. The van der Waals surface area contributed by atoms with Crippen LogP contribution in [0.5, 0.6) is 5.75 Å². The number of carbonyl (C=O) groups is 3. The maximum atomic E-state index is 13.2. The Morgan fingerprint density at radius 1 is 0.829 bits per heavy atom. The fourth-order valence-electron chi connectivity index (χ4n) is 3.89. The number of ether oxygens (including phenoxy) is 2. The van der Waals surface area contributed by atoms with Crippen LogP contribution in [0.15, 0.2) is 95.9 Å². The maximum absolute atomic E-state index is 13.2. The molecule has 0 radical (unpaired) electrons. The molecule has 2 N–H and O–H groups in total. The van der Waals surface area contributed by atoms with Crippen molar-refractivity contribution < 1.29 is 32.3 Å². The van der Waals surface area contributed by atoms with Gasteiger partial charge in [0.05, 0.1) is 10.6 Å². The minimum atomic E-state index is -3.81. The number of benzene rings is 4. The summed E-state index contributed by atoms with van der Waals surface area (Å²) in [4.78, 5) is 35.9. The van der Waals surface area contributed by atoms with Crippen LogP contribution in [0.4, 0.5) is 17.1 Å². The van der Waals surface area contributed by atoms with E-state index in [1.54, 1.807) is 54.6 Å². The van der Waals surface area contributed by atoms with Gasteiger partial charge in [-0.05, 0) is 78.4 Å². The molecule has 4 aromatic carbocycles. The van der Waals surface area contributed by atoms with Crippen molar-refractivity contribution in [3.05, 3.63) is 91.0 Å². The van der Waals surface area contributed by atoms with Crippen LogP contribution in [0.2, 0.25) is 0 Å². The molecule has 212 valence electrons. The highest BCUT2D eigenvalue weighted by molar-refractivity contribution is 7.92. The molecule has 0 bridgehead atoms. The Morgan fingerprint density at radius 3 is 2.07 bits per heavy atom. The zero-order chi connectivity index (χ0) is 29.6. The standard InChI is InChI=1S/C30H29N3O7S/c1-20(30(36)32-25-11-9-24(10-12-25)31-21(2)34)40-29(35)19-39-27-15-13-26(14-16-27)33(3)41(37,38)28-17-8-22-6-4-5-7-23(22)18-28/h4-18,20H,19H2,1-3H3,(H,31,34)(H,32,36). The van der Waals surface area contributed by atoms with Gasteiger partial charge in [-0.15, -0.1) is 0 Å². The van der Waals surface area contributed by atoms with Gasteiger partial charge < -0.3 is 20.1 Å². The molecule has 4 rings (SSSR count). The molecule has 1 atom stereocenters. The fraction of sp³-hybridized carbons (Fsp3) is 0.167. The first kappa shape index (κ1) is 29.1. The van der Waals surface area contributed by atoms with Gasteiger partial charge in [0.15, 0.2) is 12.7 Å². The van der Waals surface area contributed by atoms with E-state index in [1.807, 2.05) is 24.3 Å². The normalized spacial score (nSPS) is 11.8. The molecule has 1 unspecified atom stereocenters. The molecule has 0 saturated carbocycles. The number of rotatable bonds is 10. The number of nitrogens with one attached hydrogen (secondary N) is 2. The predicted octanol–water partition coefficient (Wildman–Crippen LogP) is 4.57. The summed E-state index contributed by atoms with van der Waals surface area (Å²) in [5, 5.41) is 7.02. The van der Waals surface area contributed by atoms with Gasteiger partial charge in [-0.2, -0.15) is 0 Å². The summed E-state index contributed by atoms with van der Waals surface area (Å²) in [6.45, 7) is 2.37. The molecule has 0 spiro atoms. The van der Waals surface area contributed by atoms with E-state index in [4.69, 9.17) is 9.47 Å². The average molecular weight is 576 g/mol. The molecule has 0 aliphatic heterocycles. The van der Waals surface area contributed by atoms with Crippen molar-refractivity contribution in [1.82, 2.24) is 0 Å².